The van der Waals surface area contributed by atoms with Gasteiger partial charge in [-0.1, -0.05) is 24.3 Å². The van der Waals surface area contributed by atoms with E-state index >= 15 is 0 Å². The van der Waals surface area contributed by atoms with Crippen LogP contribution in [-0.2, 0) is 17.8 Å². The number of benzene rings is 1. The molecular formula is C17H18N2O2S. The molecular weight excluding hydrogens is 296 g/mol. The molecule has 3 rings (SSSR count). The lowest BCUT2D eigenvalue weighted by molar-refractivity contribution is -0.120. The molecule has 0 radical (unpaired) electrons. The van der Waals surface area contributed by atoms with E-state index in [0.717, 1.165) is 12.0 Å². The maximum atomic E-state index is 12.4. The minimum absolute atomic E-state index is 0.0513. The predicted molar refractivity (Wildman–Crippen MR) is 87.0 cm³/mol. The van der Waals surface area contributed by atoms with Gasteiger partial charge in [-0.25, -0.2) is 4.98 Å². The van der Waals surface area contributed by atoms with Crippen molar-refractivity contribution < 1.29 is 9.53 Å². The number of carbonyl (C=O) groups excluding carboxylic acids is 1. The first-order chi connectivity index (χ1) is 10.8. The van der Waals surface area contributed by atoms with E-state index in [2.05, 4.69) is 22.4 Å². The number of thioether (sulfide) groups is 1. The quantitative estimate of drug-likeness (QED) is 0.922. The summed E-state index contributed by atoms with van der Waals surface area (Å²) in [4.78, 5) is 17.8. The van der Waals surface area contributed by atoms with Crippen LogP contribution in [0.2, 0.25) is 0 Å². The van der Waals surface area contributed by atoms with Gasteiger partial charge in [-0.05, 0) is 31.0 Å². The molecule has 1 unspecified atom stereocenters. The van der Waals surface area contributed by atoms with Crippen LogP contribution in [0.5, 0.6) is 5.88 Å². The Morgan fingerprint density at radius 2 is 2.23 bits per heavy atom. The molecule has 1 aromatic heterocycles. The number of hydrogen-bond acceptors (Lipinski definition) is 4. The molecule has 0 fully saturated rings. The molecule has 5 heteroatoms. The zero-order valence-electron chi connectivity index (χ0n) is 12.4. The van der Waals surface area contributed by atoms with Crippen LogP contribution in [-0.4, -0.2) is 22.7 Å². The molecule has 2 heterocycles. The summed E-state index contributed by atoms with van der Waals surface area (Å²) in [5.41, 5.74) is 2.15. The third kappa shape index (κ3) is 3.25. The van der Waals surface area contributed by atoms with Crippen LogP contribution in [0.25, 0.3) is 0 Å². The second-order valence-corrected chi connectivity index (χ2v) is 6.28. The predicted octanol–water partition coefficient (Wildman–Crippen LogP) is 2.81. The molecule has 1 N–H and O–H groups in total. The Bertz CT molecular complexity index is 650. The molecule has 1 aliphatic heterocycles. The van der Waals surface area contributed by atoms with Gasteiger partial charge in [0.2, 0.25) is 11.8 Å². The highest BCUT2D eigenvalue weighted by Crippen LogP contribution is 2.36. The van der Waals surface area contributed by atoms with E-state index in [1.54, 1.807) is 18.0 Å². The minimum atomic E-state index is -0.0513. The van der Waals surface area contributed by atoms with Crippen LogP contribution in [0, 0.1) is 0 Å². The minimum Gasteiger partial charge on any atom is -0.478 e. The van der Waals surface area contributed by atoms with E-state index in [0.29, 0.717) is 19.0 Å². The summed E-state index contributed by atoms with van der Waals surface area (Å²) in [7, 11) is 0. The van der Waals surface area contributed by atoms with E-state index in [1.165, 1.54) is 10.5 Å². The summed E-state index contributed by atoms with van der Waals surface area (Å²) in [6.45, 7) is 2.92. The number of pyridine rings is 1. The fourth-order valence-corrected chi connectivity index (χ4v) is 3.67. The zero-order valence-corrected chi connectivity index (χ0v) is 13.2. The van der Waals surface area contributed by atoms with Crippen molar-refractivity contribution in [3.05, 3.63) is 53.7 Å². The van der Waals surface area contributed by atoms with Gasteiger partial charge in [0.15, 0.2) is 0 Å². The topological polar surface area (TPSA) is 51.2 Å². The van der Waals surface area contributed by atoms with Gasteiger partial charge in [0, 0.05) is 23.2 Å². The SMILES string of the molecule is CCOc1ncccc1CNC(=O)C1Cc2ccccc2S1. The Balaban J connectivity index is 1.60. The number of hydrogen-bond donors (Lipinski definition) is 1. The normalized spacial score (nSPS) is 16.1. The maximum absolute atomic E-state index is 12.4. The van der Waals surface area contributed by atoms with E-state index in [1.807, 2.05) is 31.2 Å². The molecule has 22 heavy (non-hydrogen) atoms. The Morgan fingerprint density at radius 1 is 1.36 bits per heavy atom. The highest BCUT2D eigenvalue weighted by atomic mass is 32.2. The van der Waals surface area contributed by atoms with Gasteiger partial charge in [-0.2, -0.15) is 0 Å². The first-order valence-corrected chi connectivity index (χ1v) is 8.25. The molecule has 0 aliphatic carbocycles. The number of fused-ring (bicyclic) bond motifs is 1. The molecule has 1 aliphatic rings. The highest BCUT2D eigenvalue weighted by molar-refractivity contribution is 8.01. The third-order valence-electron chi connectivity index (χ3n) is 3.52. The summed E-state index contributed by atoms with van der Waals surface area (Å²) in [6, 6.07) is 12.0. The maximum Gasteiger partial charge on any atom is 0.234 e. The van der Waals surface area contributed by atoms with Crippen LogP contribution in [0.3, 0.4) is 0 Å². The number of nitrogens with zero attached hydrogens (tertiary/aromatic N) is 1. The molecule has 114 valence electrons. The highest BCUT2D eigenvalue weighted by Gasteiger charge is 2.27. The molecule has 1 aromatic carbocycles. The van der Waals surface area contributed by atoms with Crippen LogP contribution in [0.15, 0.2) is 47.5 Å². The van der Waals surface area contributed by atoms with Crippen molar-refractivity contribution in [3.8, 4) is 5.88 Å². The largest absolute Gasteiger partial charge is 0.478 e. The van der Waals surface area contributed by atoms with Gasteiger partial charge < -0.3 is 10.1 Å². The van der Waals surface area contributed by atoms with Crippen molar-refractivity contribution in [2.45, 2.75) is 30.0 Å². The van der Waals surface area contributed by atoms with Crippen molar-refractivity contribution in [1.29, 1.82) is 0 Å². The number of rotatable bonds is 5. The first kappa shape index (κ1) is 14.9. The van der Waals surface area contributed by atoms with Gasteiger partial charge in [0.25, 0.3) is 0 Å². The lowest BCUT2D eigenvalue weighted by Gasteiger charge is -2.12. The van der Waals surface area contributed by atoms with Gasteiger partial charge in [-0.15, -0.1) is 11.8 Å². The monoisotopic (exact) mass is 314 g/mol. The Hall–Kier alpha value is -2.01. The van der Waals surface area contributed by atoms with Crippen LogP contribution in [0.1, 0.15) is 18.1 Å². The number of nitrogens with one attached hydrogen (secondary N) is 1. The van der Waals surface area contributed by atoms with Gasteiger partial charge in [0.05, 0.1) is 11.9 Å². The second-order valence-electron chi connectivity index (χ2n) is 5.04. The molecule has 0 saturated heterocycles. The number of aromatic nitrogens is 1. The standard InChI is InChI=1S/C17H18N2O2S/c1-2-21-17-13(7-5-9-18-17)11-19-16(20)15-10-12-6-3-4-8-14(12)22-15/h3-9,15H,2,10-11H2,1H3,(H,19,20). The molecule has 0 spiro atoms. The molecule has 4 nitrogen and oxygen atoms in total. The van der Waals surface area contributed by atoms with Crippen molar-refractivity contribution >= 4 is 17.7 Å². The molecule has 2 aromatic rings. The Morgan fingerprint density at radius 3 is 3.05 bits per heavy atom. The fourth-order valence-electron chi connectivity index (χ4n) is 2.45. The molecule has 1 amide bonds. The number of carbonyl (C=O) groups is 1. The van der Waals surface area contributed by atoms with Crippen LogP contribution < -0.4 is 10.1 Å². The smallest absolute Gasteiger partial charge is 0.234 e. The van der Waals surface area contributed by atoms with E-state index in [9.17, 15) is 4.79 Å². The average molecular weight is 314 g/mol. The first-order valence-electron chi connectivity index (χ1n) is 7.37. The van der Waals surface area contributed by atoms with Gasteiger partial charge in [0.1, 0.15) is 0 Å². The Labute approximate surface area is 134 Å². The summed E-state index contributed by atoms with van der Waals surface area (Å²) in [5, 5.41) is 2.94. The lowest BCUT2D eigenvalue weighted by atomic mass is 10.1. The van der Waals surface area contributed by atoms with Gasteiger partial charge >= 0.3 is 0 Å². The van der Waals surface area contributed by atoms with Crippen LogP contribution >= 0.6 is 11.8 Å². The van der Waals surface area contributed by atoms with E-state index in [4.69, 9.17) is 4.74 Å². The van der Waals surface area contributed by atoms with E-state index in [-0.39, 0.29) is 11.2 Å². The summed E-state index contributed by atoms with van der Waals surface area (Å²) in [5.74, 6) is 0.653. The molecule has 1 atom stereocenters. The molecule has 0 bridgehead atoms. The summed E-state index contributed by atoms with van der Waals surface area (Å²) in [6.07, 6.45) is 2.48. The Kier molecular flexibility index (Phi) is 4.63. The molecule has 0 saturated carbocycles. The van der Waals surface area contributed by atoms with Crippen molar-refractivity contribution in [2.75, 3.05) is 6.61 Å². The number of ether oxygens (including phenoxy) is 1. The number of amides is 1. The lowest BCUT2D eigenvalue weighted by Crippen LogP contribution is -2.32. The van der Waals surface area contributed by atoms with Crippen molar-refractivity contribution in [2.24, 2.45) is 0 Å². The average Bonchev–Trinajstić information content (AvgIpc) is 2.98. The summed E-state index contributed by atoms with van der Waals surface area (Å²) >= 11 is 1.63. The van der Waals surface area contributed by atoms with Crippen molar-refractivity contribution in [3.63, 3.8) is 0 Å². The summed E-state index contributed by atoms with van der Waals surface area (Å²) < 4.78 is 5.48. The second kappa shape index (κ2) is 6.83. The van der Waals surface area contributed by atoms with E-state index < -0.39 is 0 Å². The van der Waals surface area contributed by atoms with Gasteiger partial charge in [-0.3, -0.25) is 4.79 Å². The van der Waals surface area contributed by atoms with Crippen LogP contribution in [0.4, 0.5) is 0 Å². The van der Waals surface area contributed by atoms with Crippen molar-refractivity contribution in [1.82, 2.24) is 10.3 Å². The third-order valence-corrected chi connectivity index (χ3v) is 4.84. The fraction of sp³-hybridized carbons (Fsp3) is 0.294. The zero-order chi connectivity index (χ0) is 15.4.